The van der Waals surface area contributed by atoms with Crippen LogP contribution in [0.5, 0.6) is 0 Å². The van der Waals surface area contributed by atoms with Crippen LogP contribution in [0.3, 0.4) is 0 Å². The number of carbonyl (C=O) groups excluding carboxylic acids is 1. The van der Waals surface area contributed by atoms with Gasteiger partial charge in [0.25, 0.3) is 0 Å². The van der Waals surface area contributed by atoms with Gasteiger partial charge in [-0.25, -0.2) is 0 Å². The van der Waals surface area contributed by atoms with Crippen LogP contribution in [-0.4, -0.2) is 5.78 Å². The van der Waals surface area contributed by atoms with Crippen molar-refractivity contribution >= 4 is 5.78 Å². The molecule has 0 bridgehead atoms. The fraction of sp³-hybridized carbons (Fsp3) is 0.833. The van der Waals surface area contributed by atoms with Gasteiger partial charge in [0.15, 0.2) is 5.78 Å². The van der Waals surface area contributed by atoms with Gasteiger partial charge in [0, 0.05) is 5.92 Å². The molecule has 0 amide bonds. The fourth-order valence-electron chi connectivity index (χ4n) is 4.63. The molecule has 0 spiro atoms. The zero-order chi connectivity index (χ0) is 13.1. The van der Waals surface area contributed by atoms with E-state index in [4.69, 9.17) is 0 Å². The molecule has 0 aliphatic heterocycles. The second-order valence-electron chi connectivity index (χ2n) is 6.94. The van der Waals surface area contributed by atoms with E-state index in [2.05, 4.69) is 6.08 Å². The van der Waals surface area contributed by atoms with Crippen LogP contribution >= 0.6 is 0 Å². The molecule has 1 atom stereocenters. The summed E-state index contributed by atoms with van der Waals surface area (Å²) in [6.07, 6.45) is 17.9. The van der Waals surface area contributed by atoms with E-state index in [9.17, 15) is 4.79 Å². The van der Waals surface area contributed by atoms with E-state index >= 15 is 0 Å². The molecule has 0 aromatic heterocycles. The van der Waals surface area contributed by atoms with E-state index < -0.39 is 0 Å². The zero-order valence-corrected chi connectivity index (χ0v) is 12.2. The third kappa shape index (κ3) is 2.95. The molecule has 3 aliphatic carbocycles. The largest absolute Gasteiger partial charge is 0.294 e. The summed E-state index contributed by atoms with van der Waals surface area (Å²) in [5, 5.41) is 0. The maximum atomic E-state index is 12.9. The smallest absolute Gasteiger partial charge is 0.162 e. The Balaban J connectivity index is 1.68. The lowest BCUT2D eigenvalue weighted by atomic mass is 9.69. The summed E-state index contributed by atoms with van der Waals surface area (Å²) < 4.78 is 0. The van der Waals surface area contributed by atoms with Crippen molar-refractivity contribution in [3.63, 3.8) is 0 Å². The van der Waals surface area contributed by atoms with Gasteiger partial charge < -0.3 is 0 Å². The predicted octanol–water partition coefficient (Wildman–Crippen LogP) is 5.05. The van der Waals surface area contributed by atoms with E-state index in [1.165, 1.54) is 76.2 Å². The second kappa shape index (κ2) is 6.24. The summed E-state index contributed by atoms with van der Waals surface area (Å²) in [7, 11) is 0. The van der Waals surface area contributed by atoms with Gasteiger partial charge in [0.1, 0.15) is 0 Å². The first-order chi connectivity index (χ1) is 9.36. The molecule has 0 aromatic carbocycles. The molecule has 1 nitrogen and oxygen atoms in total. The molecule has 2 saturated carbocycles. The summed E-state index contributed by atoms with van der Waals surface area (Å²) in [4.78, 5) is 12.9. The Kier molecular flexibility index (Phi) is 4.40. The minimum absolute atomic E-state index is 0.391. The summed E-state index contributed by atoms with van der Waals surface area (Å²) in [6.45, 7) is 0. The number of Topliss-reactive ketones (excluding diaryl/α,β-unsaturated/α-hetero) is 1. The van der Waals surface area contributed by atoms with E-state index in [0.717, 1.165) is 6.42 Å². The molecule has 3 aliphatic rings. The Morgan fingerprint density at radius 3 is 2.11 bits per heavy atom. The molecular weight excluding hydrogens is 232 g/mol. The average molecular weight is 260 g/mol. The summed E-state index contributed by atoms with van der Waals surface area (Å²) >= 11 is 0. The molecular formula is C18H28O. The molecule has 2 fully saturated rings. The van der Waals surface area contributed by atoms with E-state index in [-0.39, 0.29) is 0 Å². The Bertz CT molecular complexity index is 343. The Hall–Kier alpha value is -0.590. The van der Waals surface area contributed by atoms with Crippen LogP contribution in [0, 0.1) is 17.8 Å². The maximum Gasteiger partial charge on any atom is 0.162 e. The van der Waals surface area contributed by atoms with Gasteiger partial charge in [-0.2, -0.15) is 0 Å². The minimum Gasteiger partial charge on any atom is -0.294 e. The van der Waals surface area contributed by atoms with Crippen molar-refractivity contribution < 1.29 is 4.79 Å². The molecule has 0 N–H and O–H groups in total. The Morgan fingerprint density at radius 1 is 0.789 bits per heavy atom. The fourth-order valence-corrected chi connectivity index (χ4v) is 4.63. The third-order valence-corrected chi connectivity index (χ3v) is 5.73. The first-order valence-corrected chi connectivity index (χ1v) is 8.60. The summed E-state index contributed by atoms with van der Waals surface area (Å²) in [5.74, 6) is 2.29. The van der Waals surface area contributed by atoms with Crippen molar-refractivity contribution in [2.75, 3.05) is 0 Å². The lowest BCUT2D eigenvalue weighted by molar-refractivity contribution is -0.122. The molecule has 0 saturated heterocycles. The summed E-state index contributed by atoms with van der Waals surface area (Å²) in [5.41, 5.74) is 1.25. The number of carbonyl (C=O) groups is 1. The van der Waals surface area contributed by atoms with Crippen LogP contribution < -0.4 is 0 Å². The van der Waals surface area contributed by atoms with Gasteiger partial charge >= 0.3 is 0 Å². The van der Waals surface area contributed by atoms with Gasteiger partial charge in [-0.05, 0) is 55.9 Å². The zero-order valence-electron chi connectivity index (χ0n) is 12.2. The Morgan fingerprint density at radius 2 is 1.42 bits per heavy atom. The molecule has 3 rings (SSSR count). The van der Waals surface area contributed by atoms with Gasteiger partial charge in [0.2, 0.25) is 0 Å². The minimum atomic E-state index is 0.391. The lowest BCUT2D eigenvalue weighted by Crippen LogP contribution is -2.32. The van der Waals surface area contributed by atoms with E-state index in [1.54, 1.807) is 0 Å². The number of allylic oxidation sites excluding steroid dienone is 2. The van der Waals surface area contributed by atoms with Crippen molar-refractivity contribution in [2.45, 2.75) is 77.0 Å². The van der Waals surface area contributed by atoms with Crippen molar-refractivity contribution in [3.05, 3.63) is 11.6 Å². The first kappa shape index (κ1) is 13.4. The highest BCUT2D eigenvalue weighted by Crippen LogP contribution is 2.40. The van der Waals surface area contributed by atoms with Gasteiger partial charge in [-0.15, -0.1) is 0 Å². The lowest BCUT2D eigenvalue weighted by Gasteiger charge is -2.34. The Labute approximate surface area is 117 Å². The number of hydrogen-bond acceptors (Lipinski definition) is 1. The number of hydrogen-bond donors (Lipinski definition) is 0. The predicted molar refractivity (Wildman–Crippen MR) is 79.0 cm³/mol. The highest BCUT2D eigenvalue weighted by molar-refractivity contribution is 5.98. The molecule has 1 unspecified atom stereocenters. The van der Waals surface area contributed by atoms with Crippen LogP contribution in [0.1, 0.15) is 77.0 Å². The molecule has 0 radical (unpaired) electrons. The van der Waals surface area contributed by atoms with Crippen LogP contribution in [-0.2, 0) is 4.79 Å². The van der Waals surface area contributed by atoms with Crippen molar-refractivity contribution in [1.29, 1.82) is 0 Å². The van der Waals surface area contributed by atoms with Crippen LogP contribution in [0.4, 0.5) is 0 Å². The highest BCUT2D eigenvalue weighted by Gasteiger charge is 2.35. The van der Waals surface area contributed by atoms with Gasteiger partial charge in [0.05, 0.1) is 0 Å². The quantitative estimate of drug-likeness (QED) is 0.679. The van der Waals surface area contributed by atoms with E-state index in [0.29, 0.717) is 23.5 Å². The molecule has 1 heteroatoms. The SMILES string of the molecule is O=C1C(C2CCCCC2)=CCCC1C1CCCCC1. The first-order valence-electron chi connectivity index (χ1n) is 8.60. The number of ketones is 1. The molecule has 106 valence electrons. The monoisotopic (exact) mass is 260 g/mol. The third-order valence-electron chi connectivity index (χ3n) is 5.73. The molecule has 19 heavy (non-hydrogen) atoms. The van der Waals surface area contributed by atoms with Crippen molar-refractivity contribution in [1.82, 2.24) is 0 Å². The molecule has 0 aromatic rings. The highest BCUT2D eigenvalue weighted by atomic mass is 16.1. The van der Waals surface area contributed by atoms with Crippen molar-refractivity contribution in [2.24, 2.45) is 17.8 Å². The topological polar surface area (TPSA) is 17.1 Å². The van der Waals surface area contributed by atoms with E-state index in [1.807, 2.05) is 0 Å². The standard InChI is InChI=1S/C18H28O/c19-18-16(14-8-3-1-4-9-14)12-7-13-17(18)15-10-5-2-6-11-15/h12,14-15,17H,1-11,13H2. The number of rotatable bonds is 2. The second-order valence-corrected chi connectivity index (χ2v) is 6.94. The maximum absolute atomic E-state index is 12.9. The van der Waals surface area contributed by atoms with Crippen LogP contribution in [0.2, 0.25) is 0 Å². The van der Waals surface area contributed by atoms with Gasteiger partial charge in [-0.3, -0.25) is 4.79 Å². The van der Waals surface area contributed by atoms with Crippen molar-refractivity contribution in [3.8, 4) is 0 Å². The summed E-state index contributed by atoms with van der Waals surface area (Å²) in [6, 6.07) is 0. The van der Waals surface area contributed by atoms with Crippen LogP contribution in [0.15, 0.2) is 11.6 Å². The normalized spacial score (nSPS) is 31.3. The average Bonchev–Trinajstić information content (AvgIpc) is 2.49. The van der Waals surface area contributed by atoms with Crippen LogP contribution in [0.25, 0.3) is 0 Å². The van der Waals surface area contributed by atoms with Gasteiger partial charge in [-0.1, -0.05) is 44.6 Å². The molecule has 0 heterocycles.